The molecule has 160 valence electrons. The molecule has 2 nitrogen and oxygen atoms in total. The Bertz CT molecular complexity index is 744. The molecule has 0 radical (unpaired) electrons. The molecule has 0 saturated heterocycles. The molecule has 0 atom stereocenters. The number of allylic oxidation sites excluding steroid dienone is 6. The van der Waals surface area contributed by atoms with E-state index in [9.17, 15) is 4.79 Å². The minimum absolute atomic E-state index is 0.0997. The molecule has 0 aliphatic heterocycles. The van der Waals surface area contributed by atoms with Gasteiger partial charge in [0.15, 0.2) is 0 Å². The summed E-state index contributed by atoms with van der Waals surface area (Å²) in [7, 11) is 0. The van der Waals surface area contributed by atoms with Gasteiger partial charge in [0.25, 0.3) is 0 Å². The van der Waals surface area contributed by atoms with E-state index in [1.165, 1.54) is 22.3 Å². The lowest BCUT2D eigenvalue weighted by molar-refractivity contribution is 0.0376. The maximum atomic E-state index is 12.4. The number of benzene rings is 1. The van der Waals surface area contributed by atoms with Crippen molar-refractivity contribution in [2.45, 2.75) is 93.1 Å². The topological polar surface area (TPSA) is 26.3 Å². The summed E-state index contributed by atoms with van der Waals surface area (Å²) in [6.07, 6.45) is 13.2. The number of esters is 1. The van der Waals surface area contributed by atoms with Crippen LogP contribution in [0, 0.1) is 6.92 Å². The van der Waals surface area contributed by atoms with Crippen molar-refractivity contribution in [1.82, 2.24) is 0 Å². The van der Waals surface area contributed by atoms with E-state index in [-0.39, 0.29) is 12.1 Å². The first kappa shape index (κ1) is 24.9. The van der Waals surface area contributed by atoms with Crippen LogP contribution in [0.25, 0.3) is 0 Å². The first-order valence-corrected chi connectivity index (χ1v) is 10.9. The van der Waals surface area contributed by atoms with Crippen LogP contribution in [0.1, 0.15) is 95.1 Å². The lowest BCUT2D eigenvalue weighted by atomic mass is 9.99. The van der Waals surface area contributed by atoms with Gasteiger partial charge in [0.05, 0.1) is 11.7 Å². The average molecular weight is 397 g/mol. The van der Waals surface area contributed by atoms with Gasteiger partial charge in [-0.05, 0) is 98.6 Å². The Hall–Kier alpha value is -2.09. The van der Waals surface area contributed by atoms with Crippen LogP contribution in [-0.4, -0.2) is 12.1 Å². The van der Waals surface area contributed by atoms with E-state index >= 15 is 0 Å². The van der Waals surface area contributed by atoms with E-state index in [1.807, 2.05) is 26.0 Å². The van der Waals surface area contributed by atoms with Crippen molar-refractivity contribution in [2.24, 2.45) is 0 Å². The number of carbonyl (C=O) groups is 1. The number of rotatable bonds is 11. The molecule has 29 heavy (non-hydrogen) atoms. The Morgan fingerprint density at radius 3 is 2.10 bits per heavy atom. The van der Waals surface area contributed by atoms with Crippen LogP contribution < -0.4 is 0 Å². The summed E-state index contributed by atoms with van der Waals surface area (Å²) in [5, 5.41) is 0. The van der Waals surface area contributed by atoms with E-state index in [0.29, 0.717) is 5.56 Å². The maximum Gasteiger partial charge on any atom is 0.338 e. The molecule has 0 bridgehead atoms. The molecule has 0 spiro atoms. The molecule has 0 unspecified atom stereocenters. The van der Waals surface area contributed by atoms with E-state index in [0.717, 1.165) is 44.1 Å². The Morgan fingerprint density at radius 2 is 1.52 bits per heavy atom. The van der Waals surface area contributed by atoms with Crippen molar-refractivity contribution in [3.05, 3.63) is 69.8 Å². The second kappa shape index (κ2) is 13.2. The highest BCUT2D eigenvalue weighted by Gasteiger charge is 2.14. The van der Waals surface area contributed by atoms with Gasteiger partial charge in [-0.2, -0.15) is 0 Å². The van der Waals surface area contributed by atoms with Crippen LogP contribution in [-0.2, 0) is 11.2 Å². The SMILES string of the molecule is CC(C)=CCC/C(C)=C/CC/C(C)=C/CCc1cc(C)ccc1C(=O)OC(C)C. The molecule has 2 heteroatoms. The molecule has 0 heterocycles. The molecule has 0 aliphatic rings. The van der Waals surface area contributed by atoms with E-state index in [4.69, 9.17) is 4.74 Å². The lowest BCUT2D eigenvalue weighted by Crippen LogP contribution is -2.13. The quantitative estimate of drug-likeness (QED) is 0.280. The van der Waals surface area contributed by atoms with Gasteiger partial charge >= 0.3 is 5.97 Å². The van der Waals surface area contributed by atoms with Crippen LogP contribution in [0.5, 0.6) is 0 Å². The summed E-state index contributed by atoms with van der Waals surface area (Å²) in [4.78, 5) is 12.4. The molecule has 0 aromatic heterocycles. The summed E-state index contributed by atoms with van der Waals surface area (Å²) in [5.74, 6) is -0.218. The van der Waals surface area contributed by atoms with Crippen molar-refractivity contribution < 1.29 is 9.53 Å². The minimum Gasteiger partial charge on any atom is -0.459 e. The van der Waals surface area contributed by atoms with Crippen LogP contribution >= 0.6 is 0 Å². The van der Waals surface area contributed by atoms with Gasteiger partial charge in [0.1, 0.15) is 0 Å². The maximum absolute atomic E-state index is 12.4. The van der Waals surface area contributed by atoms with Gasteiger partial charge in [-0.25, -0.2) is 4.79 Å². The first-order valence-electron chi connectivity index (χ1n) is 10.9. The van der Waals surface area contributed by atoms with Gasteiger partial charge in [0, 0.05) is 0 Å². The van der Waals surface area contributed by atoms with Crippen molar-refractivity contribution in [3.63, 3.8) is 0 Å². The number of ether oxygens (including phenoxy) is 1. The highest BCUT2D eigenvalue weighted by Crippen LogP contribution is 2.18. The van der Waals surface area contributed by atoms with Crippen LogP contribution in [0.2, 0.25) is 0 Å². The fourth-order valence-electron chi connectivity index (χ4n) is 3.22. The predicted octanol–water partition coefficient (Wildman–Crippen LogP) is 7.91. The minimum atomic E-state index is -0.218. The van der Waals surface area contributed by atoms with Crippen LogP contribution in [0.3, 0.4) is 0 Å². The largest absolute Gasteiger partial charge is 0.459 e. The Balaban J connectivity index is 2.56. The number of carbonyl (C=O) groups excluding carboxylic acids is 1. The third-order valence-corrected chi connectivity index (χ3v) is 4.85. The Kier molecular flexibility index (Phi) is 11.3. The van der Waals surface area contributed by atoms with Gasteiger partial charge in [-0.3, -0.25) is 0 Å². The first-order chi connectivity index (χ1) is 13.7. The van der Waals surface area contributed by atoms with Crippen LogP contribution in [0.4, 0.5) is 0 Å². The number of hydrogen-bond donors (Lipinski definition) is 0. The summed E-state index contributed by atoms with van der Waals surface area (Å²) in [6.45, 7) is 14.6. The highest BCUT2D eigenvalue weighted by atomic mass is 16.5. The average Bonchev–Trinajstić information content (AvgIpc) is 2.60. The van der Waals surface area contributed by atoms with Crippen molar-refractivity contribution in [3.8, 4) is 0 Å². The van der Waals surface area contributed by atoms with E-state index in [2.05, 4.69) is 58.9 Å². The van der Waals surface area contributed by atoms with Crippen molar-refractivity contribution in [2.75, 3.05) is 0 Å². The zero-order valence-corrected chi connectivity index (χ0v) is 19.6. The fourth-order valence-corrected chi connectivity index (χ4v) is 3.22. The van der Waals surface area contributed by atoms with Gasteiger partial charge in [-0.1, -0.05) is 52.6 Å². The smallest absolute Gasteiger partial charge is 0.338 e. The number of hydrogen-bond acceptors (Lipinski definition) is 2. The zero-order chi connectivity index (χ0) is 21.8. The monoisotopic (exact) mass is 396 g/mol. The van der Waals surface area contributed by atoms with Gasteiger partial charge in [-0.15, -0.1) is 0 Å². The summed E-state index contributed by atoms with van der Waals surface area (Å²) in [5.41, 5.74) is 7.24. The third kappa shape index (κ3) is 10.9. The standard InChI is InChI=1S/C27H40O2/c1-20(2)11-8-12-22(5)13-9-14-23(6)15-10-16-25-19-24(7)17-18-26(25)27(28)29-21(3)4/h11,13,15,17-19,21H,8-10,12,14,16H2,1-7H3/b22-13+,23-15+. The molecule has 1 rings (SSSR count). The second-order valence-electron chi connectivity index (χ2n) is 8.61. The number of aryl methyl sites for hydroxylation is 2. The molecular formula is C27H40O2. The molecule has 0 aliphatic carbocycles. The molecule has 1 aromatic rings. The molecule has 0 N–H and O–H groups in total. The normalized spacial score (nSPS) is 12.3. The Labute approximate surface area is 178 Å². The molecule has 1 aromatic carbocycles. The van der Waals surface area contributed by atoms with Gasteiger partial charge < -0.3 is 4.74 Å². The van der Waals surface area contributed by atoms with E-state index in [1.54, 1.807) is 0 Å². The fraction of sp³-hybridized carbons (Fsp3) is 0.519. The molecular weight excluding hydrogens is 356 g/mol. The van der Waals surface area contributed by atoms with Gasteiger partial charge in [0.2, 0.25) is 0 Å². The zero-order valence-electron chi connectivity index (χ0n) is 19.6. The summed E-state index contributed by atoms with van der Waals surface area (Å²) >= 11 is 0. The predicted molar refractivity (Wildman–Crippen MR) is 125 cm³/mol. The van der Waals surface area contributed by atoms with E-state index < -0.39 is 0 Å². The second-order valence-corrected chi connectivity index (χ2v) is 8.61. The van der Waals surface area contributed by atoms with Crippen LogP contribution in [0.15, 0.2) is 53.1 Å². The summed E-state index contributed by atoms with van der Waals surface area (Å²) < 4.78 is 5.40. The molecule has 0 fully saturated rings. The third-order valence-electron chi connectivity index (χ3n) is 4.85. The highest BCUT2D eigenvalue weighted by molar-refractivity contribution is 5.91. The Morgan fingerprint density at radius 1 is 0.931 bits per heavy atom. The van der Waals surface area contributed by atoms with Crippen molar-refractivity contribution >= 4 is 5.97 Å². The lowest BCUT2D eigenvalue weighted by Gasteiger charge is -2.12. The van der Waals surface area contributed by atoms with Crippen molar-refractivity contribution in [1.29, 1.82) is 0 Å². The summed E-state index contributed by atoms with van der Waals surface area (Å²) in [6, 6.07) is 5.99. The molecule has 0 amide bonds. The molecule has 0 saturated carbocycles.